The highest BCUT2D eigenvalue weighted by Gasteiger charge is 2.24. The number of hydrogen-bond acceptors (Lipinski definition) is 4. The van der Waals surface area contributed by atoms with Crippen LogP contribution in [0, 0.1) is 6.92 Å². The molecule has 23 heavy (non-hydrogen) atoms. The van der Waals surface area contributed by atoms with Crippen molar-refractivity contribution in [2.24, 2.45) is 0 Å². The zero-order valence-electron chi connectivity index (χ0n) is 14.6. The largest absolute Gasteiger partial charge is 0.311 e. The Balaban J connectivity index is 1.47. The summed E-state index contributed by atoms with van der Waals surface area (Å²) in [5.41, 5.74) is 0.966. The molecule has 2 saturated heterocycles. The van der Waals surface area contributed by atoms with Crippen LogP contribution in [0.2, 0.25) is 0 Å². The Morgan fingerprint density at radius 1 is 1.22 bits per heavy atom. The van der Waals surface area contributed by atoms with Gasteiger partial charge in [0.1, 0.15) is 5.82 Å². The van der Waals surface area contributed by atoms with Gasteiger partial charge in [-0.05, 0) is 72.3 Å². The van der Waals surface area contributed by atoms with Gasteiger partial charge in [0.15, 0.2) is 0 Å². The lowest BCUT2D eigenvalue weighted by Crippen LogP contribution is -2.40. The van der Waals surface area contributed by atoms with Crippen LogP contribution in [0.4, 0.5) is 0 Å². The van der Waals surface area contributed by atoms with Crippen LogP contribution in [-0.4, -0.2) is 59.0 Å². The maximum absolute atomic E-state index is 11.6. The van der Waals surface area contributed by atoms with E-state index in [1.807, 2.05) is 6.92 Å². The normalized spacial score (nSPS) is 24.9. The Kier molecular flexibility index (Phi) is 5.49. The molecule has 1 aromatic heterocycles. The number of aryl methyl sites for hydroxylation is 1. The molecule has 1 N–H and O–H groups in total. The summed E-state index contributed by atoms with van der Waals surface area (Å²) in [6, 6.07) is 2.46. The topological polar surface area (TPSA) is 52.2 Å². The third-order valence-corrected chi connectivity index (χ3v) is 5.59. The highest BCUT2D eigenvalue weighted by atomic mass is 16.1. The lowest BCUT2D eigenvalue weighted by Gasteiger charge is -2.36. The summed E-state index contributed by atoms with van der Waals surface area (Å²) in [6.07, 6.45) is 7.66. The molecule has 0 radical (unpaired) electrons. The molecule has 5 nitrogen and oxygen atoms in total. The first-order valence-electron chi connectivity index (χ1n) is 9.12. The standard InChI is InChI=1S/C18H30N4O/c1-14-19-17(13-18(23)20-14)15-6-10-22(11-7-15)12-8-16-5-3-4-9-21(16)2/h13,15-16H,3-12H2,1-2H3,(H,19,20,23). The number of hydrogen-bond donors (Lipinski definition) is 1. The van der Waals surface area contributed by atoms with E-state index in [4.69, 9.17) is 0 Å². The molecule has 2 fully saturated rings. The van der Waals surface area contributed by atoms with Crippen molar-refractivity contribution in [3.8, 4) is 0 Å². The summed E-state index contributed by atoms with van der Waals surface area (Å²) >= 11 is 0. The second kappa shape index (κ2) is 7.58. The van der Waals surface area contributed by atoms with Crippen molar-refractivity contribution in [3.63, 3.8) is 0 Å². The predicted octanol–water partition coefficient (Wildman–Crippen LogP) is 2.13. The van der Waals surface area contributed by atoms with Gasteiger partial charge in [-0.1, -0.05) is 6.42 Å². The number of H-pyrrole nitrogens is 1. The molecule has 1 unspecified atom stereocenters. The van der Waals surface area contributed by atoms with Crippen LogP contribution in [-0.2, 0) is 0 Å². The number of nitrogens with zero attached hydrogens (tertiary/aromatic N) is 3. The second-order valence-electron chi connectivity index (χ2n) is 7.29. The van der Waals surface area contributed by atoms with E-state index in [0.717, 1.165) is 43.5 Å². The van der Waals surface area contributed by atoms with Gasteiger partial charge in [-0.3, -0.25) is 4.79 Å². The first-order valence-corrected chi connectivity index (χ1v) is 9.12. The Morgan fingerprint density at radius 2 is 2.00 bits per heavy atom. The zero-order valence-corrected chi connectivity index (χ0v) is 14.6. The quantitative estimate of drug-likeness (QED) is 0.924. The zero-order chi connectivity index (χ0) is 16.2. The van der Waals surface area contributed by atoms with Crippen LogP contribution in [0.15, 0.2) is 10.9 Å². The van der Waals surface area contributed by atoms with E-state index in [-0.39, 0.29) is 5.56 Å². The maximum Gasteiger partial charge on any atom is 0.251 e. The van der Waals surface area contributed by atoms with Crippen molar-refractivity contribution in [1.29, 1.82) is 0 Å². The Hall–Kier alpha value is -1.20. The molecule has 0 bridgehead atoms. The number of nitrogens with one attached hydrogen (secondary N) is 1. The minimum absolute atomic E-state index is 0.0183. The molecule has 3 rings (SSSR count). The van der Waals surface area contributed by atoms with E-state index < -0.39 is 0 Å². The Bertz CT molecular complexity index is 562. The smallest absolute Gasteiger partial charge is 0.251 e. The molecule has 0 aromatic carbocycles. The van der Waals surface area contributed by atoms with Crippen LogP contribution in [0.5, 0.6) is 0 Å². The van der Waals surface area contributed by atoms with Crippen molar-refractivity contribution >= 4 is 0 Å². The average Bonchev–Trinajstić information content (AvgIpc) is 2.54. The van der Waals surface area contributed by atoms with E-state index in [0.29, 0.717) is 5.92 Å². The molecule has 0 amide bonds. The molecular weight excluding hydrogens is 288 g/mol. The highest BCUT2D eigenvalue weighted by molar-refractivity contribution is 5.09. The van der Waals surface area contributed by atoms with E-state index >= 15 is 0 Å². The molecule has 0 spiro atoms. The lowest BCUT2D eigenvalue weighted by molar-refractivity contribution is 0.141. The number of piperidine rings is 2. The summed E-state index contributed by atoms with van der Waals surface area (Å²) in [7, 11) is 2.27. The summed E-state index contributed by atoms with van der Waals surface area (Å²) in [5, 5.41) is 0. The number of aromatic amines is 1. The van der Waals surface area contributed by atoms with Crippen LogP contribution in [0.3, 0.4) is 0 Å². The van der Waals surface area contributed by atoms with Crippen LogP contribution in [0.1, 0.15) is 56.0 Å². The van der Waals surface area contributed by atoms with Gasteiger partial charge in [0.05, 0.1) is 5.69 Å². The highest BCUT2D eigenvalue weighted by Crippen LogP contribution is 2.26. The van der Waals surface area contributed by atoms with E-state index in [2.05, 4.69) is 26.8 Å². The summed E-state index contributed by atoms with van der Waals surface area (Å²) in [4.78, 5) is 24.0. The van der Waals surface area contributed by atoms with Crippen molar-refractivity contribution in [2.75, 3.05) is 33.2 Å². The van der Waals surface area contributed by atoms with Gasteiger partial charge in [-0.2, -0.15) is 0 Å². The fraction of sp³-hybridized carbons (Fsp3) is 0.778. The number of rotatable bonds is 4. The van der Waals surface area contributed by atoms with Gasteiger partial charge in [0.25, 0.3) is 5.56 Å². The SMILES string of the molecule is Cc1nc(C2CCN(CCC3CCCCN3C)CC2)cc(=O)[nH]1. The molecule has 3 heterocycles. The molecule has 128 valence electrons. The molecule has 2 aliphatic heterocycles. The molecule has 2 aliphatic rings. The number of likely N-dealkylation sites (tertiary alicyclic amines) is 2. The molecule has 1 aromatic rings. The molecule has 1 atom stereocenters. The summed E-state index contributed by atoms with van der Waals surface area (Å²) in [6.45, 7) is 6.60. The van der Waals surface area contributed by atoms with Crippen LogP contribution >= 0.6 is 0 Å². The predicted molar refractivity (Wildman–Crippen MR) is 92.9 cm³/mol. The van der Waals surface area contributed by atoms with Crippen molar-refractivity contribution in [1.82, 2.24) is 19.8 Å². The first-order chi connectivity index (χ1) is 11.1. The van der Waals surface area contributed by atoms with Gasteiger partial charge in [-0.15, -0.1) is 0 Å². The van der Waals surface area contributed by atoms with E-state index in [1.54, 1.807) is 6.07 Å². The minimum Gasteiger partial charge on any atom is -0.311 e. The molecule has 0 aliphatic carbocycles. The Morgan fingerprint density at radius 3 is 2.70 bits per heavy atom. The van der Waals surface area contributed by atoms with E-state index in [1.165, 1.54) is 38.8 Å². The van der Waals surface area contributed by atoms with Crippen LogP contribution < -0.4 is 5.56 Å². The maximum atomic E-state index is 11.6. The first kappa shape index (κ1) is 16.7. The fourth-order valence-electron chi connectivity index (χ4n) is 4.10. The van der Waals surface area contributed by atoms with Crippen molar-refractivity contribution in [3.05, 3.63) is 27.9 Å². The lowest BCUT2D eigenvalue weighted by atomic mass is 9.92. The third-order valence-electron chi connectivity index (χ3n) is 5.59. The fourth-order valence-corrected chi connectivity index (χ4v) is 4.10. The second-order valence-corrected chi connectivity index (χ2v) is 7.29. The molecular formula is C18H30N4O. The summed E-state index contributed by atoms with van der Waals surface area (Å²) < 4.78 is 0. The third kappa shape index (κ3) is 4.42. The van der Waals surface area contributed by atoms with Gasteiger partial charge in [-0.25, -0.2) is 4.98 Å². The van der Waals surface area contributed by atoms with Gasteiger partial charge in [0.2, 0.25) is 0 Å². The Labute approximate surface area is 139 Å². The van der Waals surface area contributed by atoms with Crippen molar-refractivity contribution in [2.45, 2.75) is 57.4 Å². The van der Waals surface area contributed by atoms with E-state index in [9.17, 15) is 4.79 Å². The number of aromatic nitrogens is 2. The van der Waals surface area contributed by atoms with Gasteiger partial charge in [0, 0.05) is 18.0 Å². The van der Waals surface area contributed by atoms with Crippen LogP contribution in [0.25, 0.3) is 0 Å². The average molecular weight is 318 g/mol. The van der Waals surface area contributed by atoms with Crippen molar-refractivity contribution < 1.29 is 0 Å². The van der Waals surface area contributed by atoms with Gasteiger partial charge < -0.3 is 14.8 Å². The molecule has 0 saturated carbocycles. The monoisotopic (exact) mass is 318 g/mol. The molecule has 5 heteroatoms. The minimum atomic E-state index is -0.0183. The summed E-state index contributed by atoms with van der Waals surface area (Å²) in [5.74, 6) is 1.18. The van der Waals surface area contributed by atoms with Gasteiger partial charge >= 0.3 is 0 Å².